The van der Waals surface area contributed by atoms with Crippen molar-refractivity contribution in [3.05, 3.63) is 78.4 Å². The monoisotopic (exact) mass is 1060 g/mol. The van der Waals surface area contributed by atoms with E-state index in [1.165, 1.54) is 195 Å². The Labute approximate surface area is 452 Å². The van der Waals surface area contributed by atoms with Gasteiger partial charge in [0.05, 0.1) is 20.3 Å². The Hall–Kier alpha value is -2.59. The summed E-state index contributed by atoms with van der Waals surface area (Å²) >= 11 is 11.9. The lowest BCUT2D eigenvalue weighted by atomic mass is 9.93. The molecule has 7 heterocycles. The molecule has 8 rings (SSSR count). The van der Waals surface area contributed by atoms with E-state index in [2.05, 4.69) is 136 Å². The van der Waals surface area contributed by atoms with Crippen LogP contribution in [-0.2, 0) is 30.2 Å². The third-order valence-electron chi connectivity index (χ3n) is 15.4. The summed E-state index contributed by atoms with van der Waals surface area (Å²) in [5.41, 5.74) is 4.22. The van der Waals surface area contributed by atoms with Gasteiger partial charge in [0.25, 0.3) is 5.56 Å². The van der Waals surface area contributed by atoms with Crippen molar-refractivity contribution < 1.29 is 0 Å². The van der Waals surface area contributed by atoms with Gasteiger partial charge in [-0.15, -0.1) is 68.0 Å². The maximum atomic E-state index is 15.2. The predicted molar refractivity (Wildman–Crippen MR) is 327 cm³/mol. The van der Waals surface area contributed by atoms with Crippen molar-refractivity contribution in [1.82, 2.24) is 4.57 Å². The van der Waals surface area contributed by atoms with Gasteiger partial charge in [0.2, 0.25) is 0 Å². The fraction of sp³-hybridized carbons (Fsp3) is 0.571. The third-order valence-corrected chi connectivity index (χ3v) is 23.4. The number of nitrogens with zero attached hydrogens (tertiary/aromatic N) is 1. The van der Waals surface area contributed by atoms with Crippen LogP contribution in [0.2, 0.25) is 0 Å². The van der Waals surface area contributed by atoms with Crippen LogP contribution in [0.1, 0.15) is 205 Å². The zero-order valence-electron chi connectivity index (χ0n) is 45.6. The van der Waals surface area contributed by atoms with Crippen LogP contribution in [0, 0.1) is 17.8 Å². The molecule has 1 aromatic carbocycles. The summed E-state index contributed by atoms with van der Waals surface area (Å²) in [5, 5.41) is 3.69. The van der Waals surface area contributed by atoms with E-state index in [0.717, 1.165) is 29.3 Å². The molecule has 0 spiro atoms. The minimum absolute atomic E-state index is 0.0000375. The van der Waals surface area contributed by atoms with Gasteiger partial charge in [0.1, 0.15) is 0 Å². The van der Waals surface area contributed by atoms with E-state index in [-0.39, 0.29) is 16.4 Å². The van der Waals surface area contributed by atoms with E-state index in [4.69, 9.17) is 0 Å². The van der Waals surface area contributed by atoms with Crippen LogP contribution < -0.4 is 5.56 Å². The largest absolute Gasteiger partial charge is 0.307 e. The van der Waals surface area contributed by atoms with Crippen molar-refractivity contribution >= 4 is 108 Å². The van der Waals surface area contributed by atoms with Gasteiger partial charge in [-0.1, -0.05) is 173 Å². The highest BCUT2D eigenvalue weighted by Crippen LogP contribution is 2.55. The van der Waals surface area contributed by atoms with Crippen molar-refractivity contribution in [3.63, 3.8) is 0 Å². The quantitative estimate of drug-likeness (QED) is 0.0523. The molecule has 0 radical (unpaired) electrons. The number of unbranched alkanes of at least 4 members (excludes halogenated alkanes) is 6. The van der Waals surface area contributed by atoms with Gasteiger partial charge >= 0.3 is 0 Å². The Bertz CT molecular complexity index is 2950. The van der Waals surface area contributed by atoms with Crippen molar-refractivity contribution in [2.75, 3.05) is 0 Å². The Morgan fingerprint density at radius 3 is 1.45 bits per heavy atom. The van der Waals surface area contributed by atoms with Crippen molar-refractivity contribution in [1.29, 1.82) is 0 Å². The molecule has 0 aliphatic carbocycles. The molecular formula is C63H85NOS6. The smallest absolute Gasteiger partial charge is 0.259 e. The normalized spacial score (nSPS) is 14.0. The van der Waals surface area contributed by atoms with E-state index in [1.54, 1.807) is 0 Å². The molecule has 8 heteroatoms. The Kier molecular flexibility index (Phi) is 18.4. The number of fused-ring (bicyclic) bond motifs is 5. The molecule has 3 unspecified atom stereocenters. The molecule has 2 nitrogen and oxygen atoms in total. The predicted octanol–water partition coefficient (Wildman–Crippen LogP) is 22.7. The fourth-order valence-electron chi connectivity index (χ4n) is 10.8. The summed E-state index contributed by atoms with van der Waals surface area (Å²) in [6.07, 6.45) is 22.5. The molecule has 0 saturated heterocycles. The molecule has 0 amide bonds. The lowest BCUT2D eigenvalue weighted by Gasteiger charge is -2.19. The van der Waals surface area contributed by atoms with Gasteiger partial charge in [-0.2, -0.15) is 0 Å². The average Bonchev–Trinajstić information content (AvgIpc) is 4.21. The highest BCUT2D eigenvalue weighted by atomic mass is 32.1. The molecule has 0 N–H and O–H groups in total. The van der Waals surface area contributed by atoms with Gasteiger partial charge in [0.15, 0.2) is 0 Å². The SMILES string of the molecule is CCCCCCC(CCCC)Cn1c(=O)c2cc(-c3cc4c(-c5ccc(CC(CC)CCCC)s5)c5sc(C(C)(C)C)cc5c(-c5ccc(CC(CC)CCCC)s5)c4s3)sc2c2sc(C(C)(C)C)cc21. The van der Waals surface area contributed by atoms with Crippen LogP contribution in [0.15, 0.2) is 53.3 Å². The topological polar surface area (TPSA) is 22.0 Å². The first-order chi connectivity index (χ1) is 34.1. The number of thiophene rings is 6. The molecule has 71 heavy (non-hydrogen) atoms. The van der Waals surface area contributed by atoms with E-state index in [9.17, 15) is 0 Å². The summed E-state index contributed by atoms with van der Waals surface area (Å²) in [6, 6.07) is 19.6. The van der Waals surface area contributed by atoms with E-state index in [0.29, 0.717) is 5.92 Å². The average molecular weight is 1060 g/mol. The minimum atomic E-state index is -0.0000375. The Balaban J connectivity index is 1.34. The van der Waals surface area contributed by atoms with E-state index >= 15 is 4.79 Å². The van der Waals surface area contributed by atoms with Crippen molar-refractivity contribution in [3.8, 4) is 30.6 Å². The maximum absolute atomic E-state index is 15.2. The van der Waals surface area contributed by atoms with E-state index in [1.807, 2.05) is 68.0 Å². The highest BCUT2D eigenvalue weighted by molar-refractivity contribution is 7.32. The number of benzene rings is 1. The summed E-state index contributed by atoms with van der Waals surface area (Å²) in [5.74, 6) is 1.97. The number of pyridine rings is 1. The van der Waals surface area contributed by atoms with Crippen LogP contribution in [-0.4, -0.2) is 4.57 Å². The number of rotatable bonds is 25. The molecule has 0 aliphatic rings. The highest BCUT2D eigenvalue weighted by Gasteiger charge is 2.29. The zero-order valence-corrected chi connectivity index (χ0v) is 50.5. The second-order valence-electron chi connectivity index (χ2n) is 23.2. The number of hydrogen-bond donors (Lipinski definition) is 0. The lowest BCUT2D eigenvalue weighted by molar-refractivity contribution is 0.364. The fourth-order valence-corrected chi connectivity index (χ4v) is 18.4. The summed E-state index contributed by atoms with van der Waals surface area (Å²) in [6.45, 7) is 29.0. The van der Waals surface area contributed by atoms with Gasteiger partial charge in [-0.3, -0.25) is 4.79 Å². The molecule has 0 aliphatic heterocycles. The zero-order chi connectivity index (χ0) is 50.6. The van der Waals surface area contributed by atoms with E-state index < -0.39 is 0 Å². The maximum Gasteiger partial charge on any atom is 0.259 e. The standard InChI is InChI=1S/C63H85NOS6/c1-13-19-23-24-28-42(27-22-16-4)39-64-48-38-54(63(10,11)12)71-60(48)59-47(61(64)65)36-52(69-59)51-35-45-55(49-31-29-43(66-49)33-40(17-5)25-20-14-2)58-46(37-53(70-58)62(7,8)9)56(57(45)68-51)50-32-30-44(67-50)34-41(18-6)26-21-15-3/h29-32,35-38,40-42H,13-28,33-34,39H2,1-12H3. The molecule has 8 aromatic rings. The van der Waals surface area contributed by atoms with Crippen LogP contribution in [0.4, 0.5) is 0 Å². The van der Waals surface area contributed by atoms with Crippen LogP contribution in [0.5, 0.6) is 0 Å². The number of aromatic nitrogens is 1. The summed E-state index contributed by atoms with van der Waals surface area (Å²) in [7, 11) is 0. The first kappa shape index (κ1) is 54.7. The summed E-state index contributed by atoms with van der Waals surface area (Å²) < 4.78 is 7.52. The lowest BCUT2D eigenvalue weighted by Crippen LogP contribution is -2.24. The molecule has 384 valence electrons. The van der Waals surface area contributed by atoms with Gasteiger partial charge in [-0.25, -0.2) is 0 Å². The van der Waals surface area contributed by atoms with Gasteiger partial charge in [0, 0.05) is 76.9 Å². The molecular weight excluding hydrogens is 979 g/mol. The molecule has 0 fully saturated rings. The van der Waals surface area contributed by atoms with Crippen LogP contribution in [0.25, 0.3) is 71.1 Å². The van der Waals surface area contributed by atoms with Crippen molar-refractivity contribution in [2.24, 2.45) is 17.8 Å². The second kappa shape index (κ2) is 24.0. The Morgan fingerprint density at radius 1 is 0.451 bits per heavy atom. The summed E-state index contributed by atoms with van der Waals surface area (Å²) in [4.78, 5) is 26.4. The Morgan fingerprint density at radius 2 is 0.915 bits per heavy atom. The second-order valence-corrected chi connectivity index (χ2v) is 29.7. The van der Waals surface area contributed by atoms with Gasteiger partial charge < -0.3 is 4.57 Å². The van der Waals surface area contributed by atoms with Gasteiger partial charge in [-0.05, 0) is 103 Å². The molecule has 0 saturated carbocycles. The minimum Gasteiger partial charge on any atom is -0.307 e. The first-order valence-corrected chi connectivity index (χ1v) is 32.8. The molecule has 7 aromatic heterocycles. The first-order valence-electron chi connectivity index (χ1n) is 27.9. The number of hydrogen-bond acceptors (Lipinski definition) is 7. The molecule has 0 bridgehead atoms. The van der Waals surface area contributed by atoms with Crippen molar-refractivity contribution in [2.45, 2.75) is 216 Å². The van der Waals surface area contributed by atoms with Crippen LogP contribution in [0.3, 0.4) is 0 Å². The third kappa shape index (κ3) is 12.3. The molecule has 3 atom stereocenters. The van der Waals surface area contributed by atoms with Crippen LogP contribution >= 0.6 is 68.0 Å².